The summed E-state index contributed by atoms with van der Waals surface area (Å²) in [6, 6.07) is 17.1. The molecule has 0 aliphatic heterocycles. The number of sulfonamides is 1. The minimum Gasteiger partial charge on any atom is -0.477 e. The number of nitrogens with one attached hydrogen (secondary N) is 7. The Morgan fingerprint density at radius 3 is 2.07 bits per heavy atom. The van der Waals surface area contributed by atoms with Crippen molar-refractivity contribution in [2.75, 3.05) is 50.1 Å². The fraction of sp³-hybridized carbons (Fsp3) is 0.315. The number of hydrogen-bond acceptors (Lipinski definition) is 17. The van der Waals surface area contributed by atoms with E-state index in [1.165, 1.54) is 48.9 Å². The van der Waals surface area contributed by atoms with Crippen LogP contribution in [0.3, 0.4) is 0 Å². The molecule has 3 aromatic carbocycles. The smallest absolute Gasteiger partial charge is 0.446 e. The summed E-state index contributed by atoms with van der Waals surface area (Å²) >= 11 is 0. The van der Waals surface area contributed by atoms with Crippen LogP contribution in [0.2, 0.25) is 0 Å². The number of hydrazone groups is 1. The van der Waals surface area contributed by atoms with Crippen LogP contribution in [0.4, 0.5) is 24.9 Å². The summed E-state index contributed by atoms with van der Waals surface area (Å²) in [5, 5.41) is 27.8. The molecule has 0 radical (unpaired) electrons. The van der Waals surface area contributed by atoms with Gasteiger partial charge in [-0.2, -0.15) is 39.5 Å². The number of aryl methyl sites for hydroxylation is 4. The van der Waals surface area contributed by atoms with Crippen molar-refractivity contribution in [1.29, 1.82) is 0 Å². The second-order valence-corrected chi connectivity index (χ2v) is 21.5. The Bertz CT molecular complexity index is 3690. The van der Waals surface area contributed by atoms with Crippen LogP contribution in [0.15, 0.2) is 116 Å². The highest BCUT2D eigenvalue weighted by Crippen LogP contribution is 2.24. The molecule has 0 saturated carbocycles. The van der Waals surface area contributed by atoms with Crippen LogP contribution in [0.25, 0.3) is 10.9 Å². The number of anilines is 2. The second kappa shape index (κ2) is 31.5. The highest BCUT2D eigenvalue weighted by atomic mass is 32.2. The van der Waals surface area contributed by atoms with Crippen LogP contribution in [-0.4, -0.2) is 139 Å². The van der Waals surface area contributed by atoms with E-state index in [-0.39, 0.29) is 75.8 Å². The molecule has 4 amide bonds. The molecule has 0 unspecified atom stereocenters. The van der Waals surface area contributed by atoms with Gasteiger partial charge in [-0.25, -0.2) is 14.8 Å². The number of carboxylic acids is 1. The maximum Gasteiger partial charge on any atom is 0.446 e. The minimum atomic E-state index is -4.64. The van der Waals surface area contributed by atoms with Gasteiger partial charge in [-0.3, -0.25) is 38.7 Å². The molecule has 0 atom stereocenters. The zero-order valence-electron chi connectivity index (χ0n) is 46.0. The maximum absolute atomic E-state index is 13.8. The van der Waals surface area contributed by atoms with E-state index in [1.54, 1.807) is 74.1 Å². The van der Waals surface area contributed by atoms with Gasteiger partial charge < -0.3 is 46.0 Å². The van der Waals surface area contributed by atoms with E-state index >= 15 is 0 Å². The van der Waals surface area contributed by atoms with Gasteiger partial charge in [-0.15, -0.1) is 0 Å². The van der Waals surface area contributed by atoms with Crippen molar-refractivity contribution in [2.24, 2.45) is 9.50 Å². The summed E-state index contributed by atoms with van der Waals surface area (Å²) in [4.78, 5) is 96.9. The Morgan fingerprint density at radius 2 is 1.47 bits per heavy atom. The average Bonchev–Trinajstić information content (AvgIpc) is 2.00. The van der Waals surface area contributed by atoms with E-state index in [4.69, 9.17) is 9.53 Å². The molecule has 6 aromatic rings. The molecule has 0 saturated heterocycles. The first-order valence-corrected chi connectivity index (χ1v) is 28.7. The van der Waals surface area contributed by atoms with Gasteiger partial charge in [0.05, 0.1) is 28.7 Å². The molecule has 0 spiro atoms. The van der Waals surface area contributed by atoms with E-state index in [9.17, 15) is 68.4 Å². The van der Waals surface area contributed by atoms with Gasteiger partial charge in [-0.05, 0) is 87.1 Å². The van der Waals surface area contributed by atoms with Gasteiger partial charge in [0.1, 0.15) is 16.3 Å². The number of benzene rings is 3. The number of imidazole rings is 1. The predicted octanol–water partition coefficient (Wildman–Crippen LogP) is 4.37. The van der Waals surface area contributed by atoms with Gasteiger partial charge in [0, 0.05) is 94.5 Å². The summed E-state index contributed by atoms with van der Waals surface area (Å²) < 4.78 is 101. The van der Waals surface area contributed by atoms with Gasteiger partial charge in [0.15, 0.2) is 11.7 Å². The van der Waals surface area contributed by atoms with Crippen LogP contribution in [0.1, 0.15) is 80.6 Å². The lowest BCUT2D eigenvalue weighted by Crippen LogP contribution is -2.36. The van der Waals surface area contributed by atoms with Crippen molar-refractivity contribution in [1.82, 2.24) is 40.8 Å². The molecule has 31 heteroatoms. The number of amides is 4. The molecule has 0 aliphatic carbocycles. The van der Waals surface area contributed by atoms with Crippen LogP contribution in [-0.2, 0) is 57.1 Å². The first-order valence-electron chi connectivity index (χ1n) is 25.8. The Hall–Kier alpha value is -9.20. The Labute approximate surface area is 485 Å². The van der Waals surface area contributed by atoms with Gasteiger partial charge in [0.25, 0.3) is 32.0 Å². The first kappa shape index (κ1) is 66.6. The summed E-state index contributed by atoms with van der Waals surface area (Å²) in [5.74, 6) is -2.90. The number of carboxylic acid groups (broad SMARTS) is 1. The summed E-state index contributed by atoms with van der Waals surface area (Å²) in [7, 11) is -8.95. The van der Waals surface area contributed by atoms with Crippen molar-refractivity contribution in [2.45, 2.75) is 81.9 Å². The number of nitrogens with zero attached hydrogens (tertiary/aromatic N) is 5. The number of ether oxygens (including phenoxy) is 1. The first-order chi connectivity index (χ1) is 40.3. The fourth-order valence-electron chi connectivity index (χ4n) is 8.06. The molecule has 0 bridgehead atoms. The zero-order valence-corrected chi connectivity index (χ0v) is 47.6. The second-order valence-electron chi connectivity index (χ2n) is 18.5. The number of hydrogen-bond donors (Lipinski definition) is 9. The molecular weight excluding hydrogens is 1160 g/mol. The van der Waals surface area contributed by atoms with E-state index in [0.717, 1.165) is 11.1 Å². The Kier molecular flexibility index (Phi) is 24.6. The number of aromatic nitrogens is 4. The number of aromatic amines is 1. The van der Waals surface area contributed by atoms with E-state index in [0.29, 0.717) is 80.3 Å². The monoisotopic (exact) mass is 1220 g/mol. The molecular formula is C54H61F3N12O14S2. The number of rotatable bonds is 29. The quantitative estimate of drug-likeness (QED) is 0.0103. The number of aldehydes is 1. The summed E-state index contributed by atoms with van der Waals surface area (Å²) in [6.45, 7) is 6.14. The number of carbonyl (C=O) groups is 6. The van der Waals surface area contributed by atoms with E-state index in [1.807, 2.05) is 0 Å². The van der Waals surface area contributed by atoms with Crippen molar-refractivity contribution in [3.8, 4) is 0 Å². The number of aliphatic carboxylic acids is 1. The maximum atomic E-state index is 13.8. The highest BCUT2D eigenvalue weighted by molar-refractivity contribution is 7.90. The lowest BCUT2D eigenvalue weighted by atomic mass is 10.1. The van der Waals surface area contributed by atoms with E-state index < -0.39 is 62.2 Å². The lowest BCUT2D eigenvalue weighted by molar-refractivity contribution is -0.156. The van der Waals surface area contributed by atoms with Gasteiger partial charge in [0.2, 0.25) is 23.5 Å². The van der Waals surface area contributed by atoms with Crippen LogP contribution in [0.5, 0.6) is 0 Å². The van der Waals surface area contributed by atoms with Crippen molar-refractivity contribution >= 4 is 90.6 Å². The number of halogens is 3. The third-order valence-corrected chi connectivity index (χ3v) is 14.4. The normalized spacial score (nSPS) is 11.8. The third-order valence-electron chi connectivity index (χ3n) is 11.9. The van der Waals surface area contributed by atoms with Crippen LogP contribution < -0.4 is 37.4 Å². The highest BCUT2D eigenvalue weighted by Gasteiger charge is 2.26. The fourth-order valence-corrected chi connectivity index (χ4v) is 10.2. The summed E-state index contributed by atoms with van der Waals surface area (Å²) in [5.41, 5.74) is 4.00. The van der Waals surface area contributed by atoms with Crippen molar-refractivity contribution in [3.63, 3.8) is 0 Å². The van der Waals surface area contributed by atoms with Crippen molar-refractivity contribution in [3.05, 3.63) is 141 Å². The van der Waals surface area contributed by atoms with Crippen molar-refractivity contribution < 1.29 is 73.2 Å². The van der Waals surface area contributed by atoms with Gasteiger partial charge >= 0.3 is 12.1 Å². The molecule has 3 aromatic heterocycles. The molecule has 0 aliphatic rings. The molecule has 26 nitrogen and oxygen atoms in total. The molecule has 6 rings (SSSR count). The number of pyridine rings is 2. The van der Waals surface area contributed by atoms with Gasteiger partial charge in [-0.1, -0.05) is 42.0 Å². The molecule has 454 valence electrons. The predicted molar refractivity (Wildman–Crippen MR) is 305 cm³/mol. The largest absolute Gasteiger partial charge is 0.477 e. The Morgan fingerprint density at radius 1 is 0.824 bits per heavy atom. The summed E-state index contributed by atoms with van der Waals surface area (Å²) in [6.07, 6.45) is 2.62. The van der Waals surface area contributed by atoms with Crippen LogP contribution >= 0.6 is 0 Å². The number of carbonyl (C=O) groups excluding carboxylic acids is 5. The molecule has 3 heterocycles. The molecule has 9 N–H and O–H groups in total. The topological polar surface area (TPSA) is 381 Å². The zero-order chi connectivity index (χ0) is 62.3. The standard InChI is InChI=1S/C52H60N12O13S2.C2HF3O/c1-33-25-34(2)48(35(3)26-33)78(72,73)63-41(51(70)71)31-59-50(69)40-32-64(42-27-36(11-13-39(42)47(40)67)28-60-52-56-20-21-57-52)22-6-17-53-45(65)15-16-46(66)54-18-7-23-77-24-8-19-55-49(68)38-12-14-44(58-29-38)62-61-30-37-9-4-5-10-43(37)79(74,75)76;3-2(4,5)1-6/h4-5,9-14,20-21,25-27,29-30,32H,6-8,15-19,22-24,28,31H2,1-3H3,(H,53,65)(H,54,66)(H,55,68)(H,58,62)(H,59,69)(H,70,71)(H2,56,57,60)(H,74,75,76);1H/b61-30+,63-41?;. The lowest BCUT2D eigenvalue weighted by Gasteiger charge is -2.15. The van der Waals surface area contributed by atoms with E-state index in [2.05, 4.69) is 56.5 Å². The SMILES string of the molecule is Cc1cc(C)c(S(=O)(=O)N=C(CNC(=O)c2cn(CCCNC(=O)CCC(=O)NCCCOCCCNC(=O)c3ccc(N/N=C/c4ccccc4S(=O)(=O)O)nc3)c3cc(CNc4ncc[nH]4)ccc3c2=O)C(=O)O)c(C)c1.O=CC(F)(F)F. The third kappa shape index (κ3) is 21.5. The minimum absolute atomic E-state index is 0.0626. The average molecular weight is 1220 g/mol. The number of alkyl halides is 3. The Balaban J connectivity index is 0.00000209. The number of H-pyrrole nitrogens is 1. The molecule has 85 heavy (non-hydrogen) atoms. The van der Waals surface area contributed by atoms with Crippen LogP contribution in [0, 0.1) is 20.8 Å². The molecule has 0 fully saturated rings. The number of fused-ring (bicyclic) bond motifs is 1.